The maximum absolute atomic E-state index is 5.91. The third kappa shape index (κ3) is 2.39. The third-order valence-corrected chi connectivity index (χ3v) is 4.38. The van der Waals surface area contributed by atoms with Crippen LogP contribution in [-0.2, 0) is 13.0 Å². The summed E-state index contributed by atoms with van der Waals surface area (Å²) in [6.07, 6.45) is 8.02. The summed E-state index contributed by atoms with van der Waals surface area (Å²) in [6, 6.07) is 7.41. The summed E-state index contributed by atoms with van der Waals surface area (Å²) >= 11 is 0. The van der Waals surface area contributed by atoms with Crippen LogP contribution in [0.15, 0.2) is 18.2 Å². The molecule has 98 valence electrons. The van der Waals surface area contributed by atoms with Crippen molar-refractivity contribution in [2.24, 2.45) is 0 Å². The molecule has 2 nitrogen and oxygen atoms in total. The molecule has 1 aliphatic heterocycles. The molecule has 1 heterocycles. The minimum Gasteiger partial charge on any atom is -0.478 e. The van der Waals surface area contributed by atoms with E-state index < -0.39 is 0 Å². The summed E-state index contributed by atoms with van der Waals surface area (Å²) in [7, 11) is 0. The molecular weight excluding hydrogens is 222 g/mol. The minimum atomic E-state index is 0.747. The lowest BCUT2D eigenvalue weighted by atomic mass is 9.93. The Kier molecular flexibility index (Phi) is 3.55. The van der Waals surface area contributed by atoms with Gasteiger partial charge in [-0.25, -0.2) is 0 Å². The van der Waals surface area contributed by atoms with Crippen LogP contribution < -0.4 is 4.74 Å². The smallest absolute Gasteiger partial charge is 0.142 e. The molecule has 0 amide bonds. The van der Waals surface area contributed by atoms with Gasteiger partial charge in [-0.15, -0.1) is 0 Å². The summed E-state index contributed by atoms with van der Waals surface area (Å²) in [6.45, 7) is 4.07. The molecule has 2 heteroatoms. The number of hydrogen-bond donors (Lipinski definition) is 0. The summed E-state index contributed by atoms with van der Waals surface area (Å²) in [5.41, 5.74) is 2.80. The summed E-state index contributed by atoms with van der Waals surface area (Å²) in [5.74, 6) is 1.10. The molecule has 1 saturated carbocycles. The Bertz CT molecular complexity index is 410. The van der Waals surface area contributed by atoms with Crippen molar-refractivity contribution >= 4 is 0 Å². The van der Waals surface area contributed by atoms with E-state index in [1.54, 1.807) is 0 Å². The van der Waals surface area contributed by atoms with Gasteiger partial charge in [-0.2, -0.15) is 0 Å². The molecule has 1 aromatic carbocycles. The van der Waals surface area contributed by atoms with E-state index in [0.717, 1.165) is 31.5 Å². The zero-order chi connectivity index (χ0) is 12.4. The molecule has 3 rings (SSSR count). The first-order chi connectivity index (χ1) is 8.86. The highest BCUT2D eigenvalue weighted by Gasteiger charge is 2.25. The van der Waals surface area contributed by atoms with Crippen molar-refractivity contribution in [2.45, 2.75) is 58.0 Å². The average molecular weight is 245 g/mol. The second kappa shape index (κ2) is 5.31. The Morgan fingerprint density at radius 3 is 2.83 bits per heavy atom. The van der Waals surface area contributed by atoms with Crippen LogP contribution in [0.2, 0.25) is 0 Å². The quantitative estimate of drug-likeness (QED) is 0.787. The van der Waals surface area contributed by atoms with Crippen LogP contribution in [0.3, 0.4) is 0 Å². The van der Waals surface area contributed by atoms with Gasteiger partial charge in [-0.3, -0.25) is 4.90 Å². The normalized spacial score (nSPS) is 21.4. The van der Waals surface area contributed by atoms with Crippen LogP contribution in [0.25, 0.3) is 0 Å². The first-order valence-corrected chi connectivity index (χ1v) is 7.35. The van der Waals surface area contributed by atoms with Gasteiger partial charge in [0.25, 0.3) is 0 Å². The van der Waals surface area contributed by atoms with E-state index in [1.165, 1.54) is 43.2 Å². The first-order valence-electron chi connectivity index (χ1n) is 7.35. The van der Waals surface area contributed by atoms with Gasteiger partial charge in [0, 0.05) is 18.2 Å². The number of nitrogens with zero attached hydrogens (tertiary/aromatic N) is 1. The molecule has 1 fully saturated rings. The van der Waals surface area contributed by atoms with Gasteiger partial charge in [-0.1, -0.05) is 38.3 Å². The highest BCUT2D eigenvalue weighted by Crippen LogP contribution is 2.30. The number of hydrogen-bond acceptors (Lipinski definition) is 2. The van der Waals surface area contributed by atoms with Crippen molar-refractivity contribution in [3.63, 3.8) is 0 Å². The second-order valence-electron chi connectivity index (χ2n) is 5.61. The summed E-state index contributed by atoms with van der Waals surface area (Å²) < 4.78 is 5.91. The van der Waals surface area contributed by atoms with Crippen LogP contribution in [0.4, 0.5) is 0 Å². The van der Waals surface area contributed by atoms with Crippen molar-refractivity contribution in [1.82, 2.24) is 4.90 Å². The molecule has 18 heavy (non-hydrogen) atoms. The third-order valence-electron chi connectivity index (χ3n) is 4.38. The molecule has 0 radical (unpaired) electrons. The van der Waals surface area contributed by atoms with Crippen molar-refractivity contribution in [3.05, 3.63) is 29.3 Å². The van der Waals surface area contributed by atoms with Gasteiger partial charge in [0.1, 0.15) is 12.5 Å². The van der Waals surface area contributed by atoms with E-state index >= 15 is 0 Å². The molecule has 2 aliphatic rings. The predicted octanol–water partition coefficient (Wildman–Crippen LogP) is 3.73. The molecule has 1 aliphatic carbocycles. The van der Waals surface area contributed by atoms with E-state index in [9.17, 15) is 0 Å². The van der Waals surface area contributed by atoms with Gasteiger partial charge in [0.15, 0.2) is 0 Å². The second-order valence-corrected chi connectivity index (χ2v) is 5.61. The lowest BCUT2D eigenvalue weighted by Gasteiger charge is -2.37. The average Bonchev–Trinajstić information content (AvgIpc) is 2.47. The fourth-order valence-corrected chi connectivity index (χ4v) is 3.21. The first kappa shape index (κ1) is 12.0. The maximum atomic E-state index is 5.91. The van der Waals surface area contributed by atoms with Crippen LogP contribution in [-0.4, -0.2) is 17.7 Å². The number of fused-ring (bicyclic) bond motifs is 1. The highest BCUT2D eigenvalue weighted by atomic mass is 16.5. The molecule has 0 atom stereocenters. The highest BCUT2D eigenvalue weighted by molar-refractivity contribution is 5.38. The fourth-order valence-electron chi connectivity index (χ4n) is 3.21. The van der Waals surface area contributed by atoms with E-state index in [4.69, 9.17) is 4.74 Å². The van der Waals surface area contributed by atoms with Crippen molar-refractivity contribution in [1.29, 1.82) is 0 Å². The van der Waals surface area contributed by atoms with Gasteiger partial charge in [0.2, 0.25) is 0 Å². The Balaban J connectivity index is 1.74. The van der Waals surface area contributed by atoms with E-state index in [2.05, 4.69) is 30.0 Å². The summed E-state index contributed by atoms with van der Waals surface area (Å²) in [5, 5.41) is 0. The predicted molar refractivity (Wildman–Crippen MR) is 73.7 cm³/mol. The lowest BCUT2D eigenvalue weighted by molar-refractivity contribution is 0.0403. The Labute approximate surface area is 110 Å². The monoisotopic (exact) mass is 245 g/mol. The Morgan fingerprint density at radius 1 is 1.22 bits per heavy atom. The van der Waals surface area contributed by atoms with E-state index in [-0.39, 0.29) is 0 Å². The largest absolute Gasteiger partial charge is 0.478 e. The zero-order valence-corrected chi connectivity index (χ0v) is 11.3. The Morgan fingerprint density at radius 2 is 2.06 bits per heavy atom. The van der Waals surface area contributed by atoms with E-state index in [1.807, 2.05) is 0 Å². The maximum Gasteiger partial charge on any atom is 0.142 e. The lowest BCUT2D eigenvalue weighted by Crippen LogP contribution is -2.41. The number of aryl methyl sites for hydroxylation is 1. The topological polar surface area (TPSA) is 12.5 Å². The Hall–Kier alpha value is -1.02. The van der Waals surface area contributed by atoms with Crippen LogP contribution in [0.5, 0.6) is 5.75 Å². The SMILES string of the molecule is CCc1ccc2c(c1)CN(C1CCCCC1)CO2. The molecule has 0 bridgehead atoms. The molecule has 0 unspecified atom stereocenters. The van der Waals surface area contributed by atoms with Crippen LogP contribution in [0.1, 0.15) is 50.2 Å². The van der Waals surface area contributed by atoms with Crippen LogP contribution in [0, 0.1) is 0 Å². The zero-order valence-electron chi connectivity index (χ0n) is 11.3. The molecule has 0 spiro atoms. The van der Waals surface area contributed by atoms with Gasteiger partial charge >= 0.3 is 0 Å². The van der Waals surface area contributed by atoms with Crippen LogP contribution >= 0.6 is 0 Å². The standard InChI is InChI=1S/C16H23NO/c1-2-13-8-9-16-14(10-13)11-17(12-18-16)15-6-4-3-5-7-15/h8-10,15H,2-7,11-12H2,1H3. The van der Waals surface area contributed by atoms with E-state index in [0.29, 0.717) is 0 Å². The number of benzene rings is 1. The van der Waals surface area contributed by atoms with Crippen molar-refractivity contribution in [2.75, 3.05) is 6.73 Å². The summed E-state index contributed by atoms with van der Waals surface area (Å²) in [4.78, 5) is 2.53. The number of ether oxygens (including phenoxy) is 1. The molecule has 0 saturated heterocycles. The van der Waals surface area contributed by atoms with Gasteiger partial charge in [0.05, 0.1) is 0 Å². The minimum absolute atomic E-state index is 0.747. The molecular formula is C16H23NO. The molecule has 0 N–H and O–H groups in total. The van der Waals surface area contributed by atoms with Crippen molar-refractivity contribution < 1.29 is 4.74 Å². The van der Waals surface area contributed by atoms with Gasteiger partial charge < -0.3 is 4.74 Å². The molecule has 0 aromatic heterocycles. The molecule has 1 aromatic rings. The number of rotatable bonds is 2. The fraction of sp³-hybridized carbons (Fsp3) is 0.625. The van der Waals surface area contributed by atoms with Crippen molar-refractivity contribution in [3.8, 4) is 5.75 Å². The van der Waals surface area contributed by atoms with Gasteiger partial charge in [-0.05, 0) is 30.9 Å².